The van der Waals surface area contributed by atoms with E-state index >= 15 is 0 Å². The van der Waals surface area contributed by atoms with Crippen molar-refractivity contribution in [3.63, 3.8) is 0 Å². The van der Waals surface area contributed by atoms with Crippen molar-refractivity contribution < 1.29 is 9.59 Å². The van der Waals surface area contributed by atoms with Crippen LogP contribution < -0.4 is 10.6 Å². The van der Waals surface area contributed by atoms with Crippen LogP contribution >= 0.6 is 11.6 Å². The van der Waals surface area contributed by atoms with Gasteiger partial charge < -0.3 is 5.32 Å². The number of rotatable bonds is 3. The van der Waals surface area contributed by atoms with Crippen molar-refractivity contribution in [3.8, 4) is 0 Å². The summed E-state index contributed by atoms with van der Waals surface area (Å²) in [5.41, 5.74) is 1.07. The summed E-state index contributed by atoms with van der Waals surface area (Å²) in [5.74, 6) is 0.322. The summed E-state index contributed by atoms with van der Waals surface area (Å²) in [6.45, 7) is 1.47. The number of benzene rings is 1. The van der Waals surface area contributed by atoms with Gasteiger partial charge in [0.2, 0.25) is 0 Å². The Bertz CT molecular complexity index is 641. The van der Waals surface area contributed by atoms with Gasteiger partial charge in [0.15, 0.2) is 5.78 Å². The zero-order chi connectivity index (χ0) is 14.5. The number of ketones is 1. The fourth-order valence-electron chi connectivity index (χ4n) is 1.54. The first-order valence-corrected chi connectivity index (χ1v) is 6.23. The number of urea groups is 1. The molecule has 0 spiro atoms. The van der Waals surface area contributed by atoms with Gasteiger partial charge in [-0.05, 0) is 31.2 Å². The van der Waals surface area contributed by atoms with E-state index in [1.807, 2.05) is 0 Å². The van der Waals surface area contributed by atoms with E-state index in [0.717, 1.165) is 0 Å². The van der Waals surface area contributed by atoms with Crippen LogP contribution in [0, 0.1) is 0 Å². The van der Waals surface area contributed by atoms with E-state index in [0.29, 0.717) is 22.1 Å². The van der Waals surface area contributed by atoms with Crippen molar-refractivity contribution in [2.75, 3.05) is 10.6 Å². The Balaban J connectivity index is 2.02. The third-order valence-electron chi connectivity index (χ3n) is 2.50. The predicted octanol–water partition coefficient (Wildman–Crippen LogP) is 3.58. The van der Waals surface area contributed by atoms with Gasteiger partial charge in [0.1, 0.15) is 5.82 Å². The maximum absolute atomic E-state index is 11.8. The topological polar surface area (TPSA) is 71.1 Å². The summed E-state index contributed by atoms with van der Waals surface area (Å²) in [6, 6.07) is 9.46. The van der Waals surface area contributed by atoms with Gasteiger partial charge in [0.25, 0.3) is 0 Å². The molecule has 1 aromatic carbocycles. The van der Waals surface area contributed by atoms with Crippen LogP contribution in [0.4, 0.5) is 16.3 Å². The number of hydrogen-bond acceptors (Lipinski definition) is 3. The first kappa shape index (κ1) is 14.0. The summed E-state index contributed by atoms with van der Waals surface area (Å²) < 4.78 is 0. The molecule has 1 heterocycles. The van der Waals surface area contributed by atoms with E-state index in [1.165, 1.54) is 13.1 Å². The minimum absolute atomic E-state index is 0.0616. The second kappa shape index (κ2) is 6.16. The molecular weight excluding hydrogens is 278 g/mol. The summed E-state index contributed by atoms with van der Waals surface area (Å²) in [5, 5.41) is 5.68. The number of carbonyl (C=O) groups is 2. The first-order valence-electron chi connectivity index (χ1n) is 5.85. The van der Waals surface area contributed by atoms with Gasteiger partial charge in [-0.2, -0.15) is 0 Å². The Morgan fingerprint density at radius 1 is 1.15 bits per heavy atom. The number of aromatic nitrogens is 1. The largest absolute Gasteiger partial charge is 0.324 e. The molecule has 0 aliphatic carbocycles. The highest BCUT2D eigenvalue weighted by Crippen LogP contribution is 2.13. The first-order chi connectivity index (χ1) is 9.54. The highest BCUT2D eigenvalue weighted by Gasteiger charge is 2.05. The molecule has 2 rings (SSSR count). The highest BCUT2D eigenvalue weighted by molar-refractivity contribution is 6.30. The van der Waals surface area contributed by atoms with E-state index in [2.05, 4.69) is 15.6 Å². The Kier molecular flexibility index (Phi) is 4.32. The second-order valence-electron chi connectivity index (χ2n) is 4.08. The summed E-state index contributed by atoms with van der Waals surface area (Å²) in [4.78, 5) is 27.0. The molecule has 0 bridgehead atoms. The van der Waals surface area contributed by atoms with E-state index in [-0.39, 0.29) is 5.78 Å². The minimum atomic E-state index is -0.444. The molecular formula is C14H12ClN3O2. The van der Waals surface area contributed by atoms with Crippen molar-refractivity contribution in [1.29, 1.82) is 0 Å². The molecule has 5 nitrogen and oxygen atoms in total. The van der Waals surface area contributed by atoms with Gasteiger partial charge in [-0.15, -0.1) is 0 Å². The lowest BCUT2D eigenvalue weighted by Crippen LogP contribution is -2.20. The number of nitrogens with zero attached hydrogens (tertiary/aromatic N) is 1. The lowest BCUT2D eigenvalue weighted by Gasteiger charge is -2.07. The SMILES string of the molecule is CC(=O)c1cccc(NC(=O)Nc2ccc(Cl)cn2)c1. The van der Waals surface area contributed by atoms with E-state index in [1.54, 1.807) is 36.4 Å². The van der Waals surface area contributed by atoms with Crippen LogP contribution in [0.15, 0.2) is 42.6 Å². The average Bonchev–Trinajstić information content (AvgIpc) is 2.41. The highest BCUT2D eigenvalue weighted by atomic mass is 35.5. The van der Waals surface area contributed by atoms with Gasteiger partial charge in [-0.3, -0.25) is 10.1 Å². The molecule has 0 saturated heterocycles. The third-order valence-corrected chi connectivity index (χ3v) is 2.72. The number of carbonyl (C=O) groups excluding carboxylic acids is 2. The van der Waals surface area contributed by atoms with Crippen LogP contribution in [-0.4, -0.2) is 16.8 Å². The Morgan fingerprint density at radius 2 is 1.95 bits per heavy atom. The average molecular weight is 290 g/mol. The lowest BCUT2D eigenvalue weighted by molar-refractivity contribution is 0.101. The van der Waals surface area contributed by atoms with Crippen molar-refractivity contribution in [3.05, 3.63) is 53.2 Å². The molecule has 0 saturated carbocycles. The normalized spacial score (nSPS) is 9.90. The number of pyridine rings is 1. The predicted molar refractivity (Wildman–Crippen MR) is 78.3 cm³/mol. The van der Waals surface area contributed by atoms with Crippen LogP contribution in [0.3, 0.4) is 0 Å². The van der Waals surface area contributed by atoms with Crippen molar-refractivity contribution in [2.45, 2.75) is 6.92 Å². The molecule has 0 aliphatic heterocycles. The number of halogens is 1. The number of anilines is 2. The van der Waals surface area contributed by atoms with E-state index in [9.17, 15) is 9.59 Å². The lowest BCUT2D eigenvalue weighted by atomic mass is 10.1. The number of Topliss-reactive ketones (excluding diaryl/α,β-unsaturated/α-hetero) is 1. The van der Waals surface area contributed by atoms with Crippen molar-refractivity contribution in [2.24, 2.45) is 0 Å². The summed E-state index contributed by atoms with van der Waals surface area (Å²) >= 11 is 5.70. The Hall–Kier alpha value is -2.40. The maximum atomic E-state index is 11.8. The summed E-state index contributed by atoms with van der Waals surface area (Å²) in [7, 11) is 0. The van der Waals surface area contributed by atoms with Gasteiger partial charge in [0, 0.05) is 17.4 Å². The molecule has 0 aliphatic rings. The number of hydrogen-bond donors (Lipinski definition) is 2. The maximum Gasteiger partial charge on any atom is 0.324 e. The molecule has 0 atom stereocenters. The van der Waals surface area contributed by atoms with Crippen LogP contribution in [0.1, 0.15) is 17.3 Å². The zero-order valence-electron chi connectivity index (χ0n) is 10.7. The Labute approximate surface area is 121 Å². The van der Waals surface area contributed by atoms with E-state index < -0.39 is 6.03 Å². The molecule has 0 radical (unpaired) electrons. The number of amides is 2. The zero-order valence-corrected chi connectivity index (χ0v) is 11.4. The fourth-order valence-corrected chi connectivity index (χ4v) is 1.66. The molecule has 102 valence electrons. The minimum Gasteiger partial charge on any atom is -0.308 e. The molecule has 1 aromatic heterocycles. The summed E-state index contributed by atoms with van der Waals surface area (Å²) in [6.07, 6.45) is 1.44. The second-order valence-corrected chi connectivity index (χ2v) is 4.51. The molecule has 2 amide bonds. The molecule has 0 fully saturated rings. The number of nitrogens with one attached hydrogen (secondary N) is 2. The van der Waals surface area contributed by atoms with Gasteiger partial charge >= 0.3 is 6.03 Å². The molecule has 2 N–H and O–H groups in total. The molecule has 0 unspecified atom stereocenters. The van der Waals surface area contributed by atoms with Crippen LogP contribution in [0.25, 0.3) is 0 Å². The third kappa shape index (κ3) is 3.80. The molecule has 6 heteroatoms. The van der Waals surface area contributed by atoms with Crippen LogP contribution in [-0.2, 0) is 0 Å². The van der Waals surface area contributed by atoms with Crippen molar-refractivity contribution >= 4 is 34.9 Å². The fraction of sp³-hybridized carbons (Fsp3) is 0.0714. The van der Waals surface area contributed by atoms with Gasteiger partial charge in [-0.25, -0.2) is 9.78 Å². The smallest absolute Gasteiger partial charge is 0.308 e. The van der Waals surface area contributed by atoms with Crippen LogP contribution in [0.5, 0.6) is 0 Å². The van der Waals surface area contributed by atoms with Crippen LogP contribution in [0.2, 0.25) is 5.02 Å². The monoisotopic (exact) mass is 289 g/mol. The van der Waals surface area contributed by atoms with E-state index in [4.69, 9.17) is 11.6 Å². The van der Waals surface area contributed by atoms with Gasteiger partial charge in [-0.1, -0.05) is 23.7 Å². The Morgan fingerprint density at radius 3 is 2.60 bits per heavy atom. The quantitative estimate of drug-likeness (QED) is 0.848. The standard InChI is InChI=1S/C14H12ClN3O2/c1-9(19)10-3-2-4-12(7-10)17-14(20)18-13-6-5-11(15)8-16-13/h2-8H,1H3,(H2,16,17,18,20). The molecule has 20 heavy (non-hydrogen) atoms. The van der Waals surface area contributed by atoms with Crippen molar-refractivity contribution in [1.82, 2.24) is 4.98 Å². The van der Waals surface area contributed by atoms with Gasteiger partial charge in [0.05, 0.1) is 5.02 Å². The molecule has 2 aromatic rings.